The van der Waals surface area contributed by atoms with E-state index in [0.717, 1.165) is 11.1 Å². The first-order valence-electron chi connectivity index (χ1n) is 8.35. The molecule has 25 heavy (non-hydrogen) atoms. The second-order valence-electron chi connectivity index (χ2n) is 6.22. The Morgan fingerprint density at radius 3 is 2.64 bits per heavy atom. The molecule has 1 heterocycles. The van der Waals surface area contributed by atoms with Gasteiger partial charge >= 0.3 is 5.97 Å². The molecule has 1 aliphatic rings. The summed E-state index contributed by atoms with van der Waals surface area (Å²) in [5.41, 5.74) is 2.00. The van der Waals surface area contributed by atoms with Crippen LogP contribution in [0.1, 0.15) is 30.0 Å². The van der Waals surface area contributed by atoms with Crippen molar-refractivity contribution in [3.63, 3.8) is 0 Å². The smallest absolute Gasteiger partial charge is 0.308 e. The maximum atomic E-state index is 11.5. The van der Waals surface area contributed by atoms with Crippen LogP contribution in [-0.2, 0) is 4.79 Å². The number of hydrogen-bond donors (Lipinski definition) is 3. The summed E-state index contributed by atoms with van der Waals surface area (Å²) in [7, 11) is 0. The number of rotatable bonds is 8. The number of aliphatic hydroxyl groups is 1. The molecular formula is C19H22N2O4. The van der Waals surface area contributed by atoms with Crippen molar-refractivity contribution in [1.82, 2.24) is 10.3 Å². The van der Waals surface area contributed by atoms with Gasteiger partial charge in [0.2, 0.25) is 5.88 Å². The Bertz CT molecular complexity index is 705. The number of carbonyl (C=O) groups is 1. The van der Waals surface area contributed by atoms with Gasteiger partial charge in [0.25, 0.3) is 0 Å². The third-order valence-electron chi connectivity index (χ3n) is 4.53. The third-order valence-corrected chi connectivity index (χ3v) is 4.53. The quantitative estimate of drug-likeness (QED) is 0.679. The molecule has 1 fully saturated rings. The molecule has 1 unspecified atom stereocenters. The highest BCUT2D eigenvalue weighted by Crippen LogP contribution is 2.48. The molecule has 1 aliphatic carbocycles. The minimum Gasteiger partial charge on any atom is -0.481 e. The average Bonchev–Trinajstić information content (AvgIpc) is 3.35. The van der Waals surface area contributed by atoms with E-state index in [1.165, 1.54) is 0 Å². The molecule has 0 bridgehead atoms. The van der Waals surface area contributed by atoms with Crippen LogP contribution in [-0.4, -0.2) is 40.4 Å². The number of carboxylic acids is 1. The molecule has 132 valence electrons. The number of nitrogens with zero attached hydrogens (tertiary/aromatic N) is 1. The number of pyridine rings is 1. The molecule has 1 aromatic heterocycles. The maximum Gasteiger partial charge on any atom is 0.308 e. The first-order valence-corrected chi connectivity index (χ1v) is 8.35. The Morgan fingerprint density at radius 2 is 2.04 bits per heavy atom. The Labute approximate surface area is 146 Å². The first-order chi connectivity index (χ1) is 12.1. The van der Waals surface area contributed by atoms with Crippen LogP contribution >= 0.6 is 0 Å². The second kappa shape index (κ2) is 7.63. The van der Waals surface area contributed by atoms with Crippen LogP contribution in [0.2, 0.25) is 0 Å². The van der Waals surface area contributed by atoms with Crippen molar-refractivity contribution >= 4 is 5.97 Å². The standard InChI is InChI=1S/C19H22N2O4/c1-12(14-7-8-15(20-11-14)25-10-9-22)21-18-16(17(18)19(23)24)13-5-3-2-4-6-13/h2-8,11-12,16-18,21-22H,9-10H2,1H3,(H,23,24)/t12-,16+,17+,18?/m0/s1. The first kappa shape index (κ1) is 17.4. The number of benzene rings is 1. The lowest BCUT2D eigenvalue weighted by atomic mass is 10.1. The Kier molecular flexibility index (Phi) is 5.31. The van der Waals surface area contributed by atoms with Gasteiger partial charge in [-0.3, -0.25) is 4.79 Å². The van der Waals surface area contributed by atoms with Gasteiger partial charge in [-0.15, -0.1) is 0 Å². The summed E-state index contributed by atoms with van der Waals surface area (Å²) in [6, 6.07) is 13.3. The maximum absolute atomic E-state index is 11.5. The second-order valence-corrected chi connectivity index (χ2v) is 6.22. The summed E-state index contributed by atoms with van der Waals surface area (Å²) in [6.45, 7) is 2.15. The minimum atomic E-state index is -0.774. The van der Waals surface area contributed by atoms with Crippen molar-refractivity contribution in [2.24, 2.45) is 5.92 Å². The van der Waals surface area contributed by atoms with E-state index in [0.29, 0.717) is 5.88 Å². The molecule has 3 rings (SSSR count). The largest absolute Gasteiger partial charge is 0.481 e. The molecule has 1 aromatic carbocycles. The van der Waals surface area contributed by atoms with E-state index >= 15 is 0 Å². The van der Waals surface area contributed by atoms with E-state index in [-0.39, 0.29) is 31.2 Å². The Hall–Kier alpha value is -2.44. The number of aromatic nitrogens is 1. The number of nitrogens with one attached hydrogen (secondary N) is 1. The summed E-state index contributed by atoms with van der Waals surface area (Å²) in [5.74, 6) is -0.738. The summed E-state index contributed by atoms with van der Waals surface area (Å²) < 4.78 is 5.25. The predicted molar refractivity (Wildman–Crippen MR) is 92.5 cm³/mol. The zero-order valence-electron chi connectivity index (χ0n) is 14.0. The molecule has 1 saturated carbocycles. The van der Waals surface area contributed by atoms with Crippen LogP contribution in [0.4, 0.5) is 0 Å². The normalized spacial score (nSPS) is 23.0. The Morgan fingerprint density at radius 1 is 1.28 bits per heavy atom. The van der Waals surface area contributed by atoms with Gasteiger partial charge < -0.3 is 20.3 Å². The van der Waals surface area contributed by atoms with Gasteiger partial charge in [-0.1, -0.05) is 36.4 Å². The van der Waals surface area contributed by atoms with E-state index in [1.807, 2.05) is 43.3 Å². The van der Waals surface area contributed by atoms with Gasteiger partial charge in [0.1, 0.15) is 6.61 Å². The van der Waals surface area contributed by atoms with Crippen molar-refractivity contribution < 1.29 is 19.7 Å². The highest BCUT2D eigenvalue weighted by molar-refractivity contribution is 5.77. The van der Waals surface area contributed by atoms with Crippen LogP contribution < -0.4 is 10.1 Å². The van der Waals surface area contributed by atoms with Gasteiger partial charge in [-0.05, 0) is 18.1 Å². The molecule has 6 heteroatoms. The van der Waals surface area contributed by atoms with Crippen LogP contribution in [0.25, 0.3) is 0 Å². The monoisotopic (exact) mass is 342 g/mol. The molecule has 2 aromatic rings. The lowest BCUT2D eigenvalue weighted by Crippen LogP contribution is -2.24. The van der Waals surface area contributed by atoms with Crippen LogP contribution in [0.5, 0.6) is 5.88 Å². The molecule has 4 atom stereocenters. The van der Waals surface area contributed by atoms with Crippen molar-refractivity contribution in [3.8, 4) is 5.88 Å². The highest BCUT2D eigenvalue weighted by atomic mass is 16.5. The predicted octanol–water partition coefficient (Wildman–Crippen LogP) is 1.97. The van der Waals surface area contributed by atoms with Crippen molar-refractivity contribution in [1.29, 1.82) is 0 Å². The average molecular weight is 342 g/mol. The summed E-state index contributed by atoms with van der Waals surface area (Å²) in [6.07, 6.45) is 1.71. The van der Waals surface area contributed by atoms with Gasteiger partial charge in [0.05, 0.1) is 12.5 Å². The minimum absolute atomic E-state index is 0.0127. The zero-order valence-corrected chi connectivity index (χ0v) is 14.0. The third kappa shape index (κ3) is 3.97. The molecule has 0 saturated heterocycles. The molecule has 0 aliphatic heterocycles. The van der Waals surface area contributed by atoms with E-state index in [9.17, 15) is 9.90 Å². The van der Waals surface area contributed by atoms with E-state index in [2.05, 4.69) is 10.3 Å². The molecule has 0 radical (unpaired) electrons. The van der Waals surface area contributed by atoms with E-state index < -0.39 is 11.9 Å². The molecule has 0 spiro atoms. The van der Waals surface area contributed by atoms with E-state index in [1.54, 1.807) is 12.3 Å². The van der Waals surface area contributed by atoms with Crippen LogP contribution in [0, 0.1) is 5.92 Å². The van der Waals surface area contributed by atoms with Crippen LogP contribution in [0.3, 0.4) is 0 Å². The fourth-order valence-electron chi connectivity index (χ4n) is 3.18. The number of ether oxygens (including phenoxy) is 1. The lowest BCUT2D eigenvalue weighted by Gasteiger charge is -2.14. The van der Waals surface area contributed by atoms with Gasteiger partial charge in [-0.25, -0.2) is 4.98 Å². The van der Waals surface area contributed by atoms with Gasteiger partial charge in [0.15, 0.2) is 0 Å². The zero-order chi connectivity index (χ0) is 17.8. The fraction of sp³-hybridized carbons (Fsp3) is 0.368. The fourth-order valence-corrected chi connectivity index (χ4v) is 3.18. The molecule has 0 amide bonds. The number of aliphatic hydroxyl groups excluding tert-OH is 1. The lowest BCUT2D eigenvalue weighted by molar-refractivity contribution is -0.138. The molecule has 6 nitrogen and oxygen atoms in total. The van der Waals surface area contributed by atoms with E-state index in [4.69, 9.17) is 9.84 Å². The summed E-state index contributed by atoms with van der Waals surface area (Å²) in [4.78, 5) is 15.7. The highest BCUT2D eigenvalue weighted by Gasteiger charge is 2.56. The van der Waals surface area contributed by atoms with Crippen molar-refractivity contribution in [3.05, 3.63) is 59.8 Å². The number of aliphatic carboxylic acids is 1. The topological polar surface area (TPSA) is 91.7 Å². The van der Waals surface area contributed by atoms with Gasteiger partial charge in [0, 0.05) is 30.3 Å². The van der Waals surface area contributed by atoms with Gasteiger partial charge in [-0.2, -0.15) is 0 Å². The van der Waals surface area contributed by atoms with Crippen molar-refractivity contribution in [2.75, 3.05) is 13.2 Å². The SMILES string of the molecule is C[C@H](NC1[C@H](C(=O)O)[C@H]1c1ccccc1)c1ccc(OCCO)nc1. The van der Waals surface area contributed by atoms with Crippen LogP contribution in [0.15, 0.2) is 48.7 Å². The number of carboxylic acid groups (broad SMARTS) is 1. The molecular weight excluding hydrogens is 320 g/mol. The summed E-state index contributed by atoms with van der Waals surface area (Å²) >= 11 is 0. The van der Waals surface area contributed by atoms with Crippen molar-refractivity contribution in [2.45, 2.75) is 24.9 Å². The Balaban J connectivity index is 1.65. The molecule has 3 N–H and O–H groups in total. The summed E-state index contributed by atoms with van der Waals surface area (Å²) in [5, 5.41) is 21.6. The number of hydrogen-bond acceptors (Lipinski definition) is 5.